The zero-order chi connectivity index (χ0) is 44.2. The molecule has 0 saturated carbocycles. The smallest absolute Gasteiger partial charge is 0.315 e. The molecular formula is C46H49N7O4S6. The molecule has 0 amide bonds. The number of aliphatic imine (C=N–C) groups is 1. The summed E-state index contributed by atoms with van der Waals surface area (Å²) in [5.41, 5.74) is 21.6. The minimum atomic E-state index is -1.24. The van der Waals surface area contributed by atoms with E-state index in [1.807, 2.05) is 61.3 Å². The van der Waals surface area contributed by atoms with Crippen molar-refractivity contribution in [3.63, 3.8) is 0 Å². The number of anilines is 2. The van der Waals surface area contributed by atoms with Gasteiger partial charge in [0, 0.05) is 35.1 Å². The first kappa shape index (κ1) is 45.3. The van der Waals surface area contributed by atoms with Gasteiger partial charge in [0.15, 0.2) is 0 Å². The highest BCUT2D eigenvalue weighted by molar-refractivity contribution is 8.33. The SMILES string of the molecule is CCCC[S+]([O-])c1sc2nc(C3=NC=C[SH]3CC(=O)OCc3ccc(-c4cc(-c5nccs5)nc5sc([S+]([O-])CCCC)c(N)c45)cc3)cc(-c3ccc(CN(C)C)cc3)c2c1N. The van der Waals surface area contributed by atoms with Gasteiger partial charge in [0.2, 0.25) is 8.42 Å². The Morgan fingerprint density at radius 1 is 0.810 bits per heavy atom. The summed E-state index contributed by atoms with van der Waals surface area (Å²) in [4.78, 5) is 36.2. The highest BCUT2D eigenvalue weighted by atomic mass is 32.2. The number of thiophene rings is 2. The molecule has 0 bridgehead atoms. The first-order valence-electron chi connectivity index (χ1n) is 20.7. The van der Waals surface area contributed by atoms with E-state index in [4.69, 9.17) is 31.2 Å². The van der Waals surface area contributed by atoms with Crippen molar-refractivity contribution < 1.29 is 18.6 Å². The van der Waals surface area contributed by atoms with Gasteiger partial charge in [0.25, 0.3) is 0 Å². The number of ether oxygens (including phenoxy) is 1. The van der Waals surface area contributed by atoms with Crippen LogP contribution in [0.5, 0.6) is 0 Å². The van der Waals surface area contributed by atoms with Gasteiger partial charge in [-0.25, -0.2) is 19.9 Å². The molecule has 4 N–H and O–H groups in total. The predicted molar refractivity (Wildman–Crippen MR) is 269 cm³/mol. The molecule has 2 aromatic carbocycles. The third kappa shape index (κ3) is 10.0. The normalized spacial score (nSPS) is 15.4. The van der Waals surface area contributed by atoms with E-state index in [0.717, 1.165) is 91.4 Å². The number of hydrogen-bond donors (Lipinski definition) is 3. The lowest BCUT2D eigenvalue weighted by atomic mass is 10.0. The van der Waals surface area contributed by atoms with Crippen molar-refractivity contribution in [3.05, 3.63) is 101 Å². The molecule has 8 rings (SSSR count). The molecule has 11 nitrogen and oxygen atoms in total. The molecule has 5 aromatic heterocycles. The van der Waals surface area contributed by atoms with E-state index in [9.17, 15) is 13.9 Å². The van der Waals surface area contributed by atoms with Crippen molar-refractivity contribution in [1.82, 2.24) is 19.9 Å². The Kier molecular flexibility index (Phi) is 14.6. The van der Waals surface area contributed by atoms with Gasteiger partial charge < -0.3 is 30.2 Å². The first-order chi connectivity index (χ1) is 30.5. The molecule has 0 radical (unpaired) electrons. The minimum Gasteiger partial charge on any atom is -0.611 e. The molecule has 1 aliphatic heterocycles. The van der Waals surface area contributed by atoms with Crippen molar-refractivity contribution in [2.45, 2.75) is 61.1 Å². The maximum Gasteiger partial charge on any atom is 0.315 e. The highest BCUT2D eigenvalue weighted by Crippen LogP contribution is 2.46. The molecule has 17 heteroatoms. The molecule has 3 atom stereocenters. The number of aromatic nitrogens is 3. The Balaban J connectivity index is 1.01. The summed E-state index contributed by atoms with van der Waals surface area (Å²) >= 11 is 1.81. The van der Waals surface area contributed by atoms with Crippen LogP contribution in [0, 0.1) is 0 Å². The molecule has 6 heterocycles. The number of unbranched alkanes of at least 4 members (excludes halogenated alkanes) is 2. The Morgan fingerprint density at radius 2 is 1.37 bits per heavy atom. The summed E-state index contributed by atoms with van der Waals surface area (Å²) in [6.45, 7) is 5.07. The second-order valence-electron chi connectivity index (χ2n) is 15.4. The topological polar surface area (TPSA) is 179 Å². The molecule has 63 heavy (non-hydrogen) atoms. The van der Waals surface area contributed by atoms with Gasteiger partial charge in [0.1, 0.15) is 54.9 Å². The number of nitrogens with two attached hydrogens (primary N) is 2. The summed E-state index contributed by atoms with van der Waals surface area (Å²) in [6.07, 6.45) is 7.07. The zero-order valence-electron chi connectivity index (χ0n) is 35.5. The van der Waals surface area contributed by atoms with Crippen LogP contribution >= 0.6 is 44.9 Å². The maximum absolute atomic E-state index is 13.5. The zero-order valence-corrected chi connectivity index (χ0v) is 40.4. The average Bonchev–Trinajstić information content (AvgIpc) is 4.11. The fourth-order valence-electron chi connectivity index (χ4n) is 7.26. The quantitative estimate of drug-likeness (QED) is 0.0426. The van der Waals surface area contributed by atoms with Gasteiger partial charge in [-0.1, -0.05) is 97.9 Å². The van der Waals surface area contributed by atoms with Crippen molar-refractivity contribution >= 4 is 110 Å². The Bertz CT molecular complexity index is 2790. The van der Waals surface area contributed by atoms with E-state index in [1.165, 1.54) is 39.6 Å². The lowest BCUT2D eigenvalue weighted by Gasteiger charge is -2.17. The van der Waals surface area contributed by atoms with Crippen LogP contribution in [0.25, 0.3) is 53.4 Å². The Hall–Kier alpha value is -4.30. The van der Waals surface area contributed by atoms with Crippen LogP contribution in [0.1, 0.15) is 56.4 Å². The largest absolute Gasteiger partial charge is 0.611 e. The van der Waals surface area contributed by atoms with Gasteiger partial charge in [-0.15, -0.1) is 11.3 Å². The summed E-state index contributed by atoms with van der Waals surface area (Å²) in [5.74, 6) is 0.899. The van der Waals surface area contributed by atoms with Gasteiger partial charge in [-0.2, -0.15) is 10.9 Å². The van der Waals surface area contributed by atoms with Crippen molar-refractivity contribution in [2.24, 2.45) is 4.99 Å². The lowest BCUT2D eigenvalue weighted by molar-refractivity contribution is -0.141. The molecule has 0 fully saturated rings. The van der Waals surface area contributed by atoms with Gasteiger partial charge in [0.05, 0.1) is 11.4 Å². The summed E-state index contributed by atoms with van der Waals surface area (Å²) in [6, 6.07) is 20.3. The second kappa shape index (κ2) is 20.3. The summed E-state index contributed by atoms with van der Waals surface area (Å²) < 4.78 is 33.9. The van der Waals surface area contributed by atoms with E-state index in [2.05, 4.69) is 48.0 Å². The molecule has 7 aromatic rings. The number of hydrogen-bond acceptors (Lipinski definition) is 14. The lowest BCUT2D eigenvalue weighted by Crippen LogP contribution is -2.13. The fraction of sp³-hybridized carbons (Fsp3) is 0.283. The number of thiol groups is 1. The van der Waals surface area contributed by atoms with E-state index in [1.54, 1.807) is 12.4 Å². The number of pyridine rings is 2. The number of carbonyl (C=O) groups excluding carboxylic acids is 1. The van der Waals surface area contributed by atoms with Crippen LogP contribution < -0.4 is 11.5 Å². The number of rotatable bonds is 18. The molecule has 0 saturated heterocycles. The number of nitrogen functional groups attached to an aromatic ring is 2. The van der Waals surface area contributed by atoms with Crippen LogP contribution in [0.3, 0.4) is 0 Å². The molecule has 0 spiro atoms. The van der Waals surface area contributed by atoms with Crippen LogP contribution in [0.2, 0.25) is 0 Å². The number of fused-ring (bicyclic) bond motifs is 2. The molecule has 3 unspecified atom stereocenters. The van der Waals surface area contributed by atoms with Gasteiger partial charge in [-0.05, 0) is 100 Å². The third-order valence-corrected chi connectivity index (χ3v) is 19.2. The number of carbonyl (C=O) groups is 1. The summed E-state index contributed by atoms with van der Waals surface area (Å²) in [5, 5.41) is 6.97. The van der Waals surface area contributed by atoms with Gasteiger partial charge in [-0.3, -0.25) is 4.79 Å². The molecule has 1 aliphatic rings. The van der Waals surface area contributed by atoms with Crippen molar-refractivity contribution in [3.8, 4) is 33.0 Å². The fourth-order valence-corrected chi connectivity index (χ4v) is 15.1. The van der Waals surface area contributed by atoms with Crippen LogP contribution in [0.4, 0.5) is 11.4 Å². The highest BCUT2D eigenvalue weighted by Gasteiger charge is 2.28. The first-order valence-corrected chi connectivity index (χ1v) is 27.4. The number of esters is 1. The van der Waals surface area contributed by atoms with Crippen LogP contribution in [0.15, 0.2) is 97.3 Å². The third-order valence-electron chi connectivity index (χ3n) is 10.4. The predicted octanol–water partition coefficient (Wildman–Crippen LogP) is 10.4. The monoisotopic (exact) mass is 955 g/mol. The van der Waals surface area contributed by atoms with E-state index >= 15 is 0 Å². The van der Waals surface area contributed by atoms with Crippen LogP contribution in [-0.2, 0) is 45.0 Å². The van der Waals surface area contributed by atoms with Gasteiger partial charge >= 0.3 is 5.97 Å². The number of nitrogens with zero attached hydrogens (tertiary/aromatic N) is 5. The standard InChI is InChI=1S/C46H49N7O4S6/c1-5-7-20-62(55)45-39(47)37-32(23-34(51-42(37)59-45)41-49-17-19-58-41)31-15-11-29(12-16-31)26-57-36(54)27-61-22-18-50-44(61)35-24-33(30-13-9-28(10-14-30)25-53(3)4)38-40(48)46(60-43(38)52-35)63(56)21-8-6-2/h9-19,22-24,61H,5-8,20-21,25-27,47-48H2,1-4H3. The summed E-state index contributed by atoms with van der Waals surface area (Å²) in [7, 11) is 2.92. The second-order valence-corrected chi connectivity index (χ2v) is 23.8. The number of thiazole rings is 1. The Morgan fingerprint density at radius 3 is 1.90 bits per heavy atom. The Labute approximate surface area is 388 Å². The van der Waals surface area contributed by atoms with E-state index in [0.29, 0.717) is 41.8 Å². The maximum atomic E-state index is 13.5. The van der Waals surface area contributed by atoms with E-state index < -0.39 is 33.2 Å². The molecular weight excluding hydrogens is 907 g/mol. The van der Waals surface area contributed by atoms with Crippen LogP contribution in [-0.4, -0.2) is 71.3 Å². The molecule has 0 aliphatic carbocycles. The molecule has 328 valence electrons. The van der Waals surface area contributed by atoms with E-state index in [-0.39, 0.29) is 18.3 Å². The van der Waals surface area contributed by atoms with Crippen molar-refractivity contribution in [1.29, 1.82) is 0 Å². The number of benzene rings is 2. The average molecular weight is 956 g/mol. The van der Waals surface area contributed by atoms with Crippen molar-refractivity contribution in [2.75, 3.05) is 42.8 Å². The minimum absolute atomic E-state index is 0.0976.